The van der Waals surface area contributed by atoms with E-state index in [9.17, 15) is 0 Å². The highest BCUT2D eigenvalue weighted by atomic mass is 33.1. The average molecular weight is 298 g/mol. The Balaban J connectivity index is 2.32. The normalized spacial score (nSPS) is 25.8. The van der Waals surface area contributed by atoms with Crippen LogP contribution in [-0.2, 0) is 4.74 Å². The fourth-order valence-corrected chi connectivity index (χ4v) is 5.76. The van der Waals surface area contributed by atoms with Crippen molar-refractivity contribution in [1.29, 1.82) is 0 Å². The van der Waals surface area contributed by atoms with Gasteiger partial charge in [-0.15, -0.1) is 0 Å². The molecule has 2 nitrogen and oxygen atoms in total. The predicted molar refractivity (Wildman–Crippen MR) is 85.0 cm³/mol. The average Bonchev–Trinajstić information content (AvgIpc) is 2.65. The highest BCUT2D eigenvalue weighted by molar-refractivity contribution is 8.77. The van der Waals surface area contributed by atoms with E-state index in [4.69, 9.17) is 9.47 Å². The zero-order chi connectivity index (χ0) is 14.0. The highest BCUT2D eigenvalue weighted by Gasteiger charge is 2.46. The zero-order valence-corrected chi connectivity index (χ0v) is 13.8. The molecule has 0 radical (unpaired) electrons. The van der Waals surface area contributed by atoms with Gasteiger partial charge in [-0.2, -0.15) is 0 Å². The molecule has 0 aliphatic carbocycles. The molecule has 0 saturated carbocycles. The number of hydrogen-bond acceptors (Lipinski definition) is 4. The molecule has 2 atom stereocenters. The second-order valence-corrected chi connectivity index (χ2v) is 8.55. The molecule has 106 valence electrons. The standard InChI is InChI=1S/C15H22O2S2/c1-10(2)17-14-13(18-19-15(14,3)4)11-8-6-7-9-12(11)16-5/h6-10,13-14H,1-5H3/t13-,14-/m0/s1. The Labute approximate surface area is 124 Å². The van der Waals surface area contributed by atoms with Gasteiger partial charge in [-0.25, -0.2) is 0 Å². The lowest BCUT2D eigenvalue weighted by Gasteiger charge is -2.30. The van der Waals surface area contributed by atoms with Crippen molar-refractivity contribution in [2.45, 2.75) is 49.9 Å². The molecule has 1 aliphatic rings. The van der Waals surface area contributed by atoms with E-state index in [1.54, 1.807) is 7.11 Å². The molecule has 0 aromatic heterocycles. The van der Waals surface area contributed by atoms with Gasteiger partial charge in [-0.05, 0) is 33.8 Å². The molecular formula is C15H22O2S2. The molecule has 1 fully saturated rings. The van der Waals surface area contributed by atoms with Crippen molar-refractivity contribution in [2.24, 2.45) is 0 Å². The van der Waals surface area contributed by atoms with Crippen molar-refractivity contribution in [3.8, 4) is 5.75 Å². The topological polar surface area (TPSA) is 18.5 Å². The van der Waals surface area contributed by atoms with Crippen LogP contribution >= 0.6 is 21.6 Å². The lowest BCUT2D eigenvalue weighted by atomic mass is 9.96. The maximum absolute atomic E-state index is 6.20. The lowest BCUT2D eigenvalue weighted by Crippen LogP contribution is -2.36. The first-order valence-corrected chi connectivity index (χ1v) is 8.80. The first-order valence-electron chi connectivity index (χ1n) is 6.58. The van der Waals surface area contributed by atoms with E-state index in [1.807, 2.05) is 33.7 Å². The number of hydrogen-bond donors (Lipinski definition) is 0. The van der Waals surface area contributed by atoms with E-state index >= 15 is 0 Å². The Bertz CT molecular complexity index is 432. The molecule has 1 aliphatic heterocycles. The Morgan fingerprint density at radius 2 is 1.89 bits per heavy atom. The molecule has 19 heavy (non-hydrogen) atoms. The summed E-state index contributed by atoms with van der Waals surface area (Å²) in [7, 11) is 5.53. The molecule has 0 unspecified atom stereocenters. The van der Waals surface area contributed by atoms with Gasteiger partial charge in [0.25, 0.3) is 0 Å². The van der Waals surface area contributed by atoms with Gasteiger partial charge in [0.15, 0.2) is 0 Å². The summed E-state index contributed by atoms with van der Waals surface area (Å²) in [6.07, 6.45) is 0.430. The minimum absolute atomic E-state index is 0.112. The van der Waals surface area contributed by atoms with Crippen molar-refractivity contribution < 1.29 is 9.47 Å². The van der Waals surface area contributed by atoms with Gasteiger partial charge in [-0.1, -0.05) is 39.8 Å². The van der Waals surface area contributed by atoms with Gasteiger partial charge in [0.05, 0.1) is 24.6 Å². The molecule has 1 aromatic rings. The van der Waals surface area contributed by atoms with Crippen molar-refractivity contribution >= 4 is 21.6 Å². The predicted octanol–water partition coefficient (Wildman–Crippen LogP) is 4.70. The molecule has 1 saturated heterocycles. The monoisotopic (exact) mass is 298 g/mol. The van der Waals surface area contributed by atoms with Crippen molar-refractivity contribution in [3.05, 3.63) is 29.8 Å². The molecule has 0 amide bonds. The van der Waals surface area contributed by atoms with Gasteiger partial charge in [0, 0.05) is 10.3 Å². The lowest BCUT2D eigenvalue weighted by molar-refractivity contribution is -0.00783. The summed E-state index contributed by atoms with van der Waals surface area (Å²) >= 11 is 0. The van der Waals surface area contributed by atoms with E-state index < -0.39 is 0 Å². The van der Waals surface area contributed by atoms with Crippen LogP contribution in [0.4, 0.5) is 0 Å². The maximum atomic E-state index is 6.20. The van der Waals surface area contributed by atoms with E-state index in [-0.39, 0.29) is 17.0 Å². The van der Waals surface area contributed by atoms with Crippen LogP contribution in [0.3, 0.4) is 0 Å². The molecule has 0 N–H and O–H groups in total. The third kappa shape index (κ3) is 3.23. The van der Waals surface area contributed by atoms with Crippen LogP contribution in [-0.4, -0.2) is 24.1 Å². The third-order valence-corrected chi connectivity index (χ3v) is 6.86. The largest absolute Gasteiger partial charge is 0.496 e. The van der Waals surface area contributed by atoms with Crippen molar-refractivity contribution in [2.75, 3.05) is 7.11 Å². The fraction of sp³-hybridized carbons (Fsp3) is 0.600. The number of ether oxygens (including phenoxy) is 2. The number of para-hydroxylation sites is 1. The summed E-state index contributed by atoms with van der Waals surface area (Å²) in [6.45, 7) is 8.71. The van der Waals surface area contributed by atoms with Gasteiger partial charge in [-0.3, -0.25) is 0 Å². The Morgan fingerprint density at radius 3 is 2.53 bits per heavy atom. The summed E-state index contributed by atoms with van der Waals surface area (Å²) in [4.78, 5) is 0. The SMILES string of the molecule is COc1ccccc1[C@@H]1SSC(C)(C)[C@H]1OC(C)C. The fourth-order valence-electron chi connectivity index (χ4n) is 2.28. The van der Waals surface area contributed by atoms with Crippen LogP contribution in [0.1, 0.15) is 38.5 Å². The number of benzene rings is 1. The van der Waals surface area contributed by atoms with Crippen LogP contribution in [0.2, 0.25) is 0 Å². The number of rotatable bonds is 4. The second kappa shape index (κ2) is 5.98. The molecule has 4 heteroatoms. The maximum Gasteiger partial charge on any atom is 0.123 e. The van der Waals surface area contributed by atoms with Crippen LogP contribution in [0, 0.1) is 0 Å². The van der Waals surface area contributed by atoms with Gasteiger partial charge >= 0.3 is 0 Å². The second-order valence-electron chi connectivity index (χ2n) is 5.55. The molecule has 1 aromatic carbocycles. The molecule has 2 rings (SSSR count). The summed E-state index contributed by atoms with van der Waals surface area (Å²) in [5.74, 6) is 0.954. The first-order chi connectivity index (χ1) is 8.95. The first kappa shape index (κ1) is 15.1. The zero-order valence-electron chi connectivity index (χ0n) is 12.2. The minimum Gasteiger partial charge on any atom is -0.496 e. The molecule has 1 heterocycles. The molecule has 0 spiro atoms. The highest BCUT2D eigenvalue weighted by Crippen LogP contribution is 2.60. The van der Waals surface area contributed by atoms with Gasteiger partial charge in [0.1, 0.15) is 5.75 Å². The third-order valence-electron chi connectivity index (χ3n) is 3.19. The van der Waals surface area contributed by atoms with Crippen LogP contribution < -0.4 is 4.74 Å². The van der Waals surface area contributed by atoms with Crippen LogP contribution in [0.25, 0.3) is 0 Å². The van der Waals surface area contributed by atoms with E-state index in [0.717, 1.165) is 5.75 Å². The van der Waals surface area contributed by atoms with Crippen LogP contribution in [0.5, 0.6) is 5.75 Å². The number of methoxy groups -OCH3 is 1. The molecular weight excluding hydrogens is 276 g/mol. The summed E-state index contributed by atoms with van der Waals surface area (Å²) < 4.78 is 11.8. The van der Waals surface area contributed by atoms with Crippen molar-refractivity contribution in [1.82, 2.24) is 0 Å². The van der Waals surface area contributed by atoms with E-state index in [1.165, 1.54) is 5.56 Å². The molecule has 0 bridgehead atoms. The van der Waals surface area contributed by atoms with Crippen molar-refractivity contribution in [3.63, 3.8) is 0 Å². The van der Waals surface area contributed by atoms with E-state index in [0.29, 0.717) is 5.25 Å². The quantitative estimate of drug-likeness (QED) is 0.749. The Kier molecular flexibility index (Phi) is 4.75. The van der Waals surface area contributed by atoms with E-state index in [2.05, 4.69) is 39.8 Å². The summed E-state index contributed by atoms with van der Waals surface area (Å²) in [5, 5.41) is 0.318. The summed E-state index contributed by atoms with van der Waals surface area (Å²) in [5.41, 5.74) is 1.23. The summed E-state index contributed by atoms with van der Waals surface area (Å²) in [6, 6.07) is 8.26. The van der Waals surface area contributed by atoms with Gasteiger partial charge < -0.3 is 9.47 Å². The smallest absolute Gasteiger partial charge is 0.123 e. The Morgan fingerprint density at radius 1 is 1.21 bits per heavy atom. The Hall–Kier alpha value is -0.320. The minimum atomic E-state index is 0.112. The van der Waals surface area contributed by atoms with Gasteiger partial charge in [0.2, 0.25) is 0 Å². The van der Waals surface area contributed by atoms with Crippen LogP contribution in [0.15, 0.2) is 24.3 Å².